The largest absolute Gasteiger partial charge is 0.476 e. The van der Waals surface area contributed by atoms with Crippen LogP contribution in [0, 0.1) is 0 Å². The minimum absolute atomic E-state index is 0.0100. The monoisotopic (exact) mass is 280 g/mol. The van der Waals surface area contributed by atoms with E-state index in [1.54, 1.807) is 0 Å². The summed E-state index contributed by atoms with van der Waals surface area (Å²) >= 11 is 0. The maximum absolute atomic E-state index is 11.2. The Morgan fingerprint density at radius 1 is 1.45 bits per heavy atom. The molecule has 7 heteroatoms. The summed E-state index contributed by atoms with van der Waals surface area (Å²) in [7, 11) is 1.84. The highest BCUT2D eigenvalue weighted by Crippen LogP contribution is 2.15. The van der Waals surface area contributed by atoms with Crippen molar-refractivity contribution in [2.45, 2.75) is 13.0 Å². The van der Waals surface area contributed by atoms with Gasteiger partial charge in [0.15, 0.2) is 11.5 Å². The summed E-state index contributed by atoms with van der Waals surface area (Å²) in [5.74, 6) is -0.654. The molecule has 7 nitrogen and oxygen atoms in total. The van der Waals surface area contributed by atoms with E-state index in [2.05, 4.69) is 21.8 Å². The van der Waals surface area contributed by atoms with Crippen LogP contribution in [0.15, 0.2) is 12.4 Å². The summed E-state index contributed by atoms with van der Waals surface area (Å²) in [6, 6.07) is 0.299. The summed E-state index contributed by atoms with van der Waals surface area (Å²) in [5.41, 5.74) is -0.0100. The summed E-state index contributed by atoms with van der Waals surface area (Å²) < 4.78 is 5.33. The van der Waals surface area contributed by atoms with Crippen LogP contribution in [0.25, 0.3) is 0 Å². The normalized spacial score (nSPS) is 17.7. The number of aromatic nitrogens is 2. The van der Waals surface area contributed by atoms with Gasteiger partial charge < -0.3 is 14.7 Å². The van der Waals surface area contributed by atoms with Crippen molar-refractivity contribution in [1.29, 1.82) is 0 Å². The van der Waals surface area contributed by atoms with E-state index in [4.69, 9.17) is 9.84 Å². The molecule has 2 heterocycles. The van der Waals surface area contributed by atoms with Crippen molar-refractivity contribution in [1.82, 2.24) is 14.9 Å². The SMILES string of the molecule is CC(CN(C)c1nccnc1C(=O)O)N1CCOCC1. The van der Waals surface area contributed by atoms with E-state index in [0.29, 0.717) is 18.4 Å². The van der Waals surface area contributed by atoms with Gasteiger partial charge in [0, 0.05) is 45.1 Å². The minimum atomic E-state index is -1.06. The number of hydrogen-bond donors (Lipinski definition) is 1. The molecule has 1 aliphatic rings. The van der Waals surface area contributed by atoms with E-state index in [1.165, 1.54) is 12.4 Å². The fraction of sp³-hybridized carbons (Fsp3) is 0.615. The average Bonchev–Trinajstić information content (AvgIpc) is 2.48. The fourth-order valence-corrected chi connectivity index (χ4v) is 2.38. The molecule has 1 saturated heterocycles. The maximum atomic E-state index is 11.2. The van der Waals surface area contributed by atoms with Crippen molar-refractivity contribution in [2.24, 2.45) is 0 Å². The van der Waals surface area contributed by atoms with Crippen LogP contribution in [0.3, 0.4) is 0 Å². The molecule has 1 N–H and O–H groups in total. The van der Waals surface area contributed by atoms with Gasteiger partial charge in [-0.1, -0.05) is 0 Å². The lowest BCUT2D eigenvalue weighted by Gasteiger charge is -2.34. The number of ether oxygens (including phenoxy) is 1. The van der Waals surface area contributed by atoms with Crippen LogP contribution >= 0.6 is 0 Å². The molecule has 1 aromatic heterocycles. The first-order chi connectivity index (χ1) is 9.59. The Labute approximate surface area is 118 Å². The topological polar surface area (TPSA) is 78.8 Å². The number of morpholine rings is 1. The first-order valence-corrected chi connectivity index (χ1v) is 6.67. The molecule has 110 valence electrons. The lowest BCUT2D eigenvalue weighted by molar-refractivity contribution is 0.0217. The quantitative estimate of drug-likeness (QED) is 0.832. The van der Waals surface area contributed by atoms with E-state index < -0.39 is 5.97 Å². The summed E-state index contributed by atoms with van der Waals surface area (Å²) in [5, 5.41) is 9.14. The number of anilines is 1. The lowest BCUT2D eigenvalue weighted by Crippen LogP contribution is -2.47. The molecule has 1 aliphatic heterocycles. The molecule has 1 aromatic rings. The van der Waals surface area contributed by atoms with Crippen molar-refractivity contribution in [3.05, 3.63) is 18.1 Å². The zero-order chi connectivity index (χ0) is 14.5. The number of aromatic carboxylic acids is 1. The van der Waals surface area contributed by atoms with Crippen molar-refractivity contribution >= 4 is 11.8 Å². The Hall–Kier alpha value is -1.73. The van der Waals surface area contributed by atoms with E-state index in [1.807, 2.05) is 11.9 Å². The van der Waals surface area contributed by atoms with Gasteiger partial charge in [-0.3, -0.25) is 4.90 Å². The van der Waals surface area contributed by atoms with Crippen LogP contribution < -0.4 is 4.90 Å². The Balaban J connectivity index is 2.04. The van der Waals surface area contributed by atoms with E-state index in [0.717, 1.165) is 26.3 Å². The van der Waals surface area contributed by atoms with Gasteiger partial charge >= 0.3 is 5.97 Å². The Bertz CT molecular complexity index is 463. The standard InChI is InChI=1S/C13H20N4O3/c1-10(17-5-7-20-8-6-17)9-16(2)12-11(13(18)19)14-3-4-15-12/h3-4,10H,5-9H2,1-2H3,(H,18,19). The van der Waals surface area contributed by atoms with E-state index in [9.17, 15) is 4.79 Å². The van der Waals surface area contributed by atoms with Gasteiger partial charge in [0.25, 0.3) is 0 Å². The van der Waals surface area contributed by atoms with Crippen LogP contribution in [0.5, 0.6) is 0 Å². The molecule has 20 heavy (non-hydrogen) atoms. The molecule has 0 aliphatic carbocycles. The van der Waals surface area contributed by atoms with Gasteiger partial charge in [-0.25, -0.2) is 14.8 Å². The highest BCUT2D eigenvalue weighted by atomic mass is 16.5. The van der Waals surface area contributed by atoms with Crippen molar-refractivity contribution in [3.8, 4) is 0 Å². The molecule has 0 spiro atoms. The van der Waals surface area contributed by atoms with Crippen LogP contribution in [-0.2, 0) is 4.74 Å². The van der Waals surface area contributed by atoms with E-state index in [-0.39, 0.29) is 5.69 Å². The average molecular weight is 280 g/mol. The molecular formula is C13H20N4O3. The highest BCUT2D eigenvalue weighted by molar-refractivity contribution is 5.90. The maximum Gasteiger partial charge on any atom is 0.358 e. The van der Waals surface area contributed by atoms with Crippen LogP contribution in [0.4, 0.5) is 5.82 Å². The molecule has 0 radical (unpaired) electrons. The molecule has 1 atom stereocenters. The smallest absolute Gasteiger partial charge is 0.358 e. The fourth-order valence-electron chi connectivity index (χ4n) is 2.38. The third-order valence-electron chi connectivity index (χ3n) is 3.45. The summed E-state index contributed by atoms with van der Waals surface area (Å²) in [6.07, 6.45) is 2.91. The second kappa shape index (κ2) is 6.62. The second-order valence-electron chi connectivity index (χ2n) is 4.91. The third kappa shape index (κ3) is 3.43. The van der Waals surface area contributed by atoms with Crippen molar-refractivity contribution in [2.75, 3.05) is 44.8 Å². The molecule has 0 amide bonds. The first-order valence-electron chi connectivity index (χ1n) is 6.67. The predicted molar refractivity (Wildman–Crippen MR) is 74.1 cm³/mol. The number of carbonyl (C=O) groups is 1. The van der Waals surface area contributed by atoms with E-state index >= 15 is 0 Å². The van der Waals surface area contributed by atoms with Gasteiger partial charge in [-0.15, -0.1) is 0 Å². The third-order valence-corrected chi connectivity index (χ3v) is 3.45. The Kier molecular flexibility index (Phi) is 4.86. The minimum Gasteiger partial charge on any atom is -0.476 e. The number of carboxylic acids is 1. The molecule has 0 saturated carbocycles. The van der Waals surface area contributed by atoms with Gasteiger partial charge in [0.05, 0.1) is 13.2 Å². The summed E-state index contributed by atoms with van der Waals surface area (Å²) in [6.45, 7) is 6.12. The van der Waals surface area contributed by atoms with Crippen LogP contribution in [-0.4, -0.2) is 71.9 Å². The molecular weight excluding hydrogens is 260 g/mol. The number of carboxylic acid groups (broad SMARTS) is 1. The number of rotatable bonds is 5. The molecule has 1 unspecified atom stereocenters. The van der Waals surface area contributed by atoms with Crippen molar-refractivity contribution < 1.29 is 14.6 Å². The second-order valence-corrected chi connectivity index (χ2v) is 4.91. The van der Waals surface area contributed by atoms with Gasteiger partial charge in [0.2, 0.25) is 0 Å². The first kappa shape index (κ1) is 14.7. The number of hydrogen-bond acceptors (Lipinski definition) is 6. The Morgan fingerprint density at radius 2 is 2.10 bits per heavy atom. The number of likely N-dealkylation sites (N-methyl/N-ethyl adjacent to an activating group) is 1. The highest BCUT2D eigenvalue weighted by Gasteiger charge is 2.21. The Morgan fingerprint density at radius 3 is 2.75 bits per heavy atom. The molecule has 0 aromatic carbocycles. The van der Waals surface area contributed by atoms with Crippen molar-refractivity contribution in [3.63, 3.8) is 0 Å². The van der Waals surface area contributed by atoms with Gasteiger partial charge in [-0.05, 0) is 6.92 Å². The van der Waals surface area contributed by atoms with Crippen LogP contribution in [0.1, 0.15) is 17.4 Å². The number of nitrogens with zero attached hydrogens (tertiary/aromatic N) is 4. The molecule has 1 fully saturated rings. The zero-order valence-electron chi connectivity index (χ0n) is 11.8. The summed E-state index contributed by atoms with van der Waals surface area (Å²) in [4.78, 5) is 23.4. The molecule has 0 bridgehead atoms. The zero-order valence-corrected chi connectivity index (χ0v) is 11.8. The molecule has 2 rings (SSSR count). The predicted octanol–water partition coefficient (Wildman–Crippen LogP) is 0.332. The lowest BCUT2D eigenvalue weighted by atomic mass is 10.2. The van der Waals surface area contributed by atoms with Gasteiger partial charge in [-0.2, -0.15) is 0 Å². The van der Waals surface area contributed by atoms with Gasteiger partial charge in [0.1, 0.15) is 0 Å². The van der Waals surface area contributed by atoms with Crippen LogP contribution in [0.2, 0.25) is 0 Å².